The van der Waals surface area contributed by atoms with Crippen molar-refractivity contribution >= 4 is 0 Å². The van der Waals surface area contributed by atoms with E-state index < -0.39 is 0 Å². The van der Waals surface area contributed by atoms with Crippen molar-refractivity contribution in [3.8, 4) is 0 Å². The molecule has 0 aliphatic carbocycles. The van der Waals surface area contributed by atoms with Crippen LogP contribution in [0.5, 0.6) is 0 Å². The quantitative estimate of drug-likeness (QED) is 0.812. The fourth-order valence-corrected chi connectivity index (χ4v) is 2.42. The van der Waals surface area contributed by atoms with Crippen LogP contribution in [0.3, 0.4) is 0 Å². The van der Waals surface area contributed by atoms with Gasteiger partial charge in [0.25, 0.3) is 0 Å². The zero-order chi connectivity index (χ0) is 12.2. The van der Waals surface area contributed by atoms with E-state index in [-0.39, 0.29) is 11.4 Å². The molecule has 0 saturated carbocycles. The molecule has 0 saturated heterocycles. The second kappa shape index (κ2) is 5.44. The first-order valence-corrected chi connectivity index (χ1v) is 6.03. The van der Waals surface area contributed by atoms with E-state index in [0.29, 0.717) is 12.3 Å². The summed E-state index contributed by atoms with van der Waals surface area (Å²) in [6, 6.07) is 6.90. The van der Waals surface area contributed by atoms with Crippen LogP contribution in [0.25, 0.3) is 0 Å². The summed E-state index contributed by atoms with van der Waals surface area (Å²) in [6.45, 7) is 6.30. The van der Waals surface area contributed by atoms with Gasteiger partial charge in [0.15, 0.2) is 0 Å². The normalized spacial score (nSPS) is 15.1. The second-order valence-electron chi connectivity index (χ2n) is 4.79. The Morgan fingerprint density at radius 1 is 1.25 bits per heavy atom. The minimum absolute atomic E-state index is 0.148. The molecule has 0 radical (unpaired) electrons. The summed E-state index contributed by atoms with van der Waals surface area (Å²) in [4.78, 5) is 0. The van der Waals surface area contributed by atoms with Gasteiger partial charge >= 0.3 is 0 Å². The average Bonchev–Trinajstić information content (AvgIpc) is 2.22. The Labute approximate surface area is 97.9 Å². The van der Waals surface area contributed by atoms with Crippen LogP contribution < -0.4 is 5.73 Å². The van der Waals surface area contributed by atoms with Crippen LogP contribution in [-0.4, -0.2) is 5.54 Å². The second-order valence-corrected chi connectivity index (χ2v) is 4.79. The summed E-state index contributed by atoms with van der Waals surface area (Å²) in [5.41, 5.74) is 6.71. The van der Waals surface area contributed by atoms with Gasteiger partial charge in [0, 0.05) is 5.54 Å². The van der Waals surface area contributed by atoms with E-state index in [1.54, 1.807) is 6.07 Å². The molecule has 1 unspecified atom stereocenters. The lowest BCUT2D eigenvalue weighted by Crippen LogP contribution is -2.46. The van der Waals surface area contributed by atoms with Gasteiger partial charge in [0.05, 0.1) is 0 Å². The lowest BCUT2D eigenvalue weighted by molar-refractivity contribution is 0.273. The van der Waals surface area contributed by atoms with Crippen LogP contribution in [0.1, 0.15) is 39.2 Å². The monoisotopic (exact) mass is 223 g/mol. The van der Waals surface area contributed by atoms with Gasteiger partial charge in [-0.3, -0.25) is 0 Å². The summed E-state index contributed by atoms with van der Waals surface area (Å²) < 4.78 is 13.5. The van der Waals surface area contributed by atoms with Crippen molar-refractivity contribution in [1.29, 1.82) is 0 Å². The van der Waals surface area contributed by atoms with Gasteiger partial charge in [-0.05, 0) is 30.9 Å². The maximum atomic E-state index is 13.5. The molecule has 1 rings (SSSR count). The minimum Gasteiger partial charge on any atom is -0.325 e. The van der Waals surface area contributed by atoms with Crippen LogP contribution in [0, 0.1) is 11.7 Å². The molecule has 0 aliphatic heterocycles. The molecule has 90 valence electrons. The molecule has 1 nitrogen and oxygen atoms in total. The highest BCUT2D eigenvalue weighted by molar-refractivity contribution is 5.20. The van der Waals surface area contributed by atoms with Crippen molar-refractivity contribution in [2.75, 3.05) is 0 Å². The third kappa shape index (κ3) is 3.05. The topological polar surface area (TPSA) is 26.0 Å². The van der Waals surface area contributed by atoms with Gasteiger partial charge in [-0.1, -0.05) is 44.9 Å². The van der Waals surface area contributed by atoms with E-state index in [2.05, 4.69) is 13.8 Å². The fourth-order valence-electron chi connectivity index (χ4n) is 2.42. The van der Waals surface area contributed by atoms with Crippen LogP contribution in [-0.2, 0) is 6.42 Å². The first-order chi connectivity index (χ1) is 7.51. The Kier molecular flexibility index (Phi) is 4.48. The van der Waals surface area contributed by atoms with Crippen molar-refractivity contribution in [1.82, 2.24) is 0 Å². The van der Waals surface area contributed by atoms with Gasteiger partial charge in [0.2, 0.25) is 0 Å². The maximum Gasteiger partial charge on any atom is 0.126 e. The molecule has 0 amide bonds. The number of hydrogen-bond donors (Lipinski definition) is 1. The molecule has 2 heteroatoms. The average molecular weight is 223 g/mol. The predicted octanol–water partition coefficient (Wildman–Crippen LogP) is 3.52. The van der Waals surface area contributed by atoms with Gasteiger partial charge < -0.3 is 5.73 Å². The Balaban J connectivity index is 2.83. The molecule has 2 N–H and O–H groups in total. The van der Waals surface area contributed by atoms with Gasteiger partial charge in [-0.25, -0.2) is 4.39 Å². The Hall–Kier alpha value is -0.890. The Bertz CT molecular complexity index is 329. The van der Waals surface area contributed by atoms with E-state index in [9.17, 15) is 4.39 Å². The molecular weight excluding hydrogens is 201 g/mol. The highest BCUT2D eigenvalue weighted by Gasteiger charge is 2.28. The summed E-state index contributed by atoms with van der Waals surface area (Å²) in [5.74, 6) is 0.289. The highest BCUT2D eigenvalue weighted by atomic mass is 19.1. The number of benzene rings is 1. The van der Waals surface area contributed by atoms with Crippen LogP contribution in [0.4, 0.5) is 4.39 Å². The number of rotatable bonds is 5. The lowest BCUT2D eigenvalue weighted by Gasteiger charge is -2.33. The van der Waals surface area contributed by atoms with Crippen molar-refractivity contribution in [2.24, 2.45) is 11.7 Å². The van der Waals surface area contributed by atoms with Crippen molar-refractivity contribution in [3.05, 3.63) is 35.6 Å². The lowest BCUT2D eigenvalue weighted by atomic mass is 9.78. The minimum atomic E-state index is -0.328. The predicted molar refractivity (Wildman–Crippen MR) is 66.8 cm³/mol. The largest absolute Gasteiger partial charge is 0.325 e. The van der Waals surface area contributed by atoms with E-state index in [4.69, 9.17) is 5.73 Å². The molecular formula is C14H22FN. The molecule has 1 aromatic rings. The molecule has 0 aliphatic rings. The SMILES string of the molecule is CCC(CC)C(C)(N)Cc1ccccc1F. The van der Waals surface area contributed by atoms with Crippen molar-refractivity contribution in [3.63, 3.8) is 0 Å². The maximum absolute atomic E-state index is 13.5. The van der Waals surface area contributed by atoms with E-state index >= 15 is 0 Å². The van der Waals surface area contributed by atoms with Crippen LogP contribution in [0.2, 0.25) is 0 Å². The van der Waals surface area contributed by atoms with E-state index in [1.807, 2.05) is 19.1 Å². The fraction of sp³-hybridized carbons (Fsp3) is 0.571. The third-order valence-corrected chi connectivity index (χ3v) is 3.45. The zero-order valence-corrected chi connectivity index (χ0v) is 10.5. The first-order valence-electron chi connectivity index (χ1n) is 6.03. The molecule has 0 bridgehead atoms. The molecule has 0 fully saturated rings. The van der Waals surface area contributed by atoms with Gasteiger partial charge in [-0.15, -0.1) is 0 Å². The molecule has 16 heavy (non-hydrogen) atoms. The Morgan fingerprint density at radius 2 is 1.81 bits per heavy atom. The molecule has 1 atom stereocenters. The van der Waals surface area contributed by atoms with Crippen molar-refractivity contribution in [2.45, 2.75) is 45.6 Å². The first kappa shape index (κ1) is 13.2. The number of hydrogen-bond acceptors (Lipinski definition) is 1. The van der Waals surface area contributed by atoms with Gasteiger partial charge in [-0.2, -0.15) is 0 Å². The van der Waals surface area contributed by atoms with Crippen LogP contribution in [0.15, 0.2) is 24.3 Å². The molecule has 0 aromatic heterocycles. The van der Waals surface area contributed by atoms with Crippen molar-refractivity contribution < 1.29 is 4.39 Å². The Morgan fingerprint density at radius 3 is 2.31 bits per heavy atom. The van der Waals surface area contributed by atoms with Crippen LogP contribution >= 0.6 is 0 Å². The van der Waals surface area contributed by atoms with Gasteiger partial charge in [0.1, 0.15) is 5.82 Å². The number of nitrogens with two attached hydrogens (primary N) is 1. The molecule has 0 spiro atoms. The molecule has 1 aromatic carbocycles. The molecule has 0 heterocycles. The zero-order valence-electron chi connectivity index (χ0n) is 10.5. The summed E-state index contributed by atoms with van der Waals surface area (Å²) in [7, 11) is 0. The van der Waals surface area contributed by atoms with E-state index in [0.717, 1.165) is 18.4 Å². The summed E-state index contributed by atoms with van der Waals surface area (Å²) in [5, 5.41) is 0. The summed E-state index contributed by atoms with van der Waals surface area (Å²) >= 11 is 0. The standard InChI is InChI=1S/C14H22FN/c1-4-12(5-2)14(3,16)10-11-8-6-7-9-13(11)15/h6-9,12H,4-5,10,16H2,1-3H3. The van der Waals surface area contributed by atoms with E-state index in [1.165, 1.54) is 6.07 Å². The smallest absolute Gasteiger partial charge is 0.126 e. The highest BCUT2D eigenvalue weighted by Crippen LogP contribution is 2.26. The third-order valence-electron chi connectivity index (χ3n) is 3.45. The number of halogens is 1. The summed E-state index contributed by atoms with van der Waals surface area (Å²) in [6.07, 6.45) is 2.68.